The van der Waals surface area contributed by atoms with Gasteiger partial charge < -0.3 is 10.2 Å². The molecule has 4 amide bonds. The fourth-order valence-electron chi connectivity index (χ4n) is 5.10. The number of rotatable bonds is 4. The Balaban J connectivity index is 1.26. The highest BCUT2D eigenvalue weighted by atomic mass is 32.1. The van der Waals surface area contributed by atoms with E-state index in [1.807, 2.05) is 13.8 Å². The highest BCUT2D eigenvalue weighted by Gasteiger charge is 2.50. The molecule has 0 unspecified atom stereocenters. The molecule has 2 saturated heterocycles. The maximum Gasteiger partial charge on any atom is 0.416 e. The van der Waals surface area contributed by atoms with E-state index in [0.717, 1.165) is 17.1 Å². The van der Waals surface area contributed by atoms with Crippen LogP contribution in [0.15, 0.2) is 42.5 Å². The maximum atomic E-state index is 13.1. The third-order valence-electron chi connectivity index (χ3n) is 7.21. The van der Waals surface area contributed by atoms with Crippen LogP contribution in [-0.2, 0) is 16.5 Å². The van der Waals surface area contributed by atoms with Gasteiger partial charge in [0.25, 0.3) is 11.8 Å². The monoisotopic (exact) mass is 530 g/mol. The van der Waals surface area contributed by atoms with Gasteiger partial charge in [-0.05, 0) is 54.7 Å². The third kappa shape index (κ3) is 4.45. The second kappa shape index (κ2) is 9.13. The van der Waals surface area contributed by atoms with Gasteiger partial charge in [-0.25, -0.2) is 9.78 Å². The van der Waals surface area contributed by atoms with Crippen molar-refractivity contribution in [3.05, 3.63) is 64.2 Å². The van der Waals surface area contributed by atoms with Gasteiger partial charge in [0.2, 0.25) is 0 Å². The molecule has 2 aromatic carbocycles. The number of amides is 4. The summed E-state index contributed by atoms with van der Waals surface area (Å²) in [6.07, 6.45) is -3.08. The van der Waals surface area contributed by atoms with Gasteiger partial charge in [0.1, 0.15) is 5.54 Å². The number of hydrogen-bond donors (Lipinski definition) is 2. The van der Waals surface area contributed by atoms with Crippen LogP contribution in [0.2, 0.25) is 0 Å². The van der Waals surface area contributed by atoms with Crippen molar-refractivity contribution in [3.8, 4) is 0 Å². The van der Waals surface area contributed by atoms with E-state index >= 15 is 0 Å². The van der Waals surface area contributed by atoms with E-state index in [1.165, 1.54) is 17.4 Å². The molecule has 11 heteroatoms. The largest absolute Gasteiger partial charge is 0.416 e. The number of thiazole rings is 1. The average molecular weight is 531 g/mol. The summed E-state index contributed by atoms with van der Waals surface area (Å²) in [6.45, 7) is 4.69. The quantitative estimate of drug-likeness (QED) is 0.463. The molecule has 7 nitrogen and oxygen atoms in total. The molecule has 1 aromatic heterocycles. The number of alkyl halides is 3. The molecule has 0 spiro atoms. The second-order valence-electron chi connectivity index (χ2n) is 9.75. The highest BCUT2D eigenvalue weighted by Crippen LogP contribution is 2.37. The summed E-state index contributed by atoms with van der Waals surface area (Å²) in [6, 6.07) is 9.80. The number of piperidine rings is 1. The molecule has 2 N–H and O–H groups in total. The maximum absolute atomic E-state index is 13.1. The SMILES string of the molecule is CC(C)[C@]1(c2ccc(C(=O)N3CCC(c4nc5cc(C(F)(F)F)ccc5s4)CC3)cc2)NC(=O)NC1=O. The Kier molecular flexibility index (Phi) is 6.21. The van der Waals surface area contributed by atoms with E-state index in [9.17, 15) is 27.6 Å². The first-order valence-corrected chi connectivity index (χ1v) is 12.8. The van der Waals surface area contributed by atoms with Crippen LogP contribution in [0.25, 0.3) is 10.2 Å². The van der Waals surface area contributed by atoms with E-state index in [0.29, 0.717) is 47.3 Å². The van der Waals surface area contributed by atoms with Gasteiger partial charge in [-0.15, -0.1) is 11.3 Å². The van der Waals surface area contributed by atoms with E-state index < -0.39 is 29.2 Å². The standard InChI is InChI=1S/C26H25F3N4O3S/c1-14(2)25(23(35)31-24(36)32-25)17-5-3-16(4-6-17)22(34)33-11-9-15(10-12-33)21-30-19-13-18(26(27,28)29)7-8-20(19)37-21/h3-8,13-15H,9-12H2,1-2H3,(H2,31,32,35,36)/t25-/m1/s1. The van der Waals surface area contributed by atoms with Crippen molar-refractivity contribution in [2.45, 2.75) is 44.3 Å². The van der Waals surface area contributed by atoms with Gasteiger partial charge in [-0.3, -0.25) is 14.9 Å². The lowest BCUT2D eigenvalue weighted by molar-refractivity contribution is -0.137. The van der Waals surface area contributed by atoms with Crippen molar-refractivity contribution >= 4 is 39.4 Å². The van der Waals surface area contributed by atoms with Crippen molar-refractivity contribution < 1.29 is 27.6 Å². The van der Waals surface area contributed by atoms with Crippen LogP contribution in [0.1, 0.15) is 59.1 Å². The number of imide groups is 1. The van der Waals surface area contributed by atoms with Gasteiger partial charge in [-0.2, -0.15) is 13.2 Å². The zero-order chi connectivity index (χ0) is 26.5. The molecule has 3 aromatic rings. The predicted molar refractivity (Wildman–Crippen MR) is 132 cm³/mol. The molecular formula is C26H25F3N4O3S. The Labute approximate surface area is 215 Å². The van der Waals surface area contributed by atoms with Crippen LogP contribution in [0, 0.1) is 5.92 Å². The van der Waals surface area contributed by atoms with Crippen LogP contribution < -0.4 is 10.6 Å². The molecule has 2 aliphatic rings. The van der Waals surface area contributed by atoms with Gasteiger partial charge in [0.05, 0.1) is 20.8 Å². The van der Waals surface area contributed by atoms with Crippen molar-refractivity contribution in [1.29, 1.82) is 0 Å². The molecule has 2 fully saturated rings. The first kappa shape index (κ1) is 25.2. The summed E-state index contributed by atoms with van der Waals surface area (Å²) in [5.74, 6) is -0.684. The van der Waals surface area contributed by atoms with Gasteiger partial charge >= 0.3 is 12.2 Å². The number of aromatic nitrogens is 1. The van der Waals surface area contributed by atoms with Gasteiger partial charge in [0.15, 0.2) is 0 Å². The fourth-order valence-corrected chi connectivity index (χ4v) is 6.21. The normalized spacial score (nSPS) is 21.0. The van der Waals surface area contributed by atoms with E-state index in [-0.39, 0.29) is 17.7 Å². The number of fused-ring (bicyclic) bond motifs is 1. The van der Waals surface area contributed by atoms with Crippen LogP contribution in [0.4, 0.5) is 18.0 Å². The molecule has 0 saturated carbocycles. The summed E-state index contributed by atoms with van der Waals surface area (Å²) in [7, 11) is 0. The molecule has 0 bridgehead atoms. The lowest BCUT2D eigenvalue weighted by atomic mass is 9.79. The molecule has 194 valence electrons. The minimum absolute atomic E-state index is 0.0774. The number of likely N-dealkylation sites (tertiary alicyclic amines) is 1. The number of carbonyl (C=O) groups is 3. The first-order valence-electron chi connectivity index (χ1n) is 12.0. The number of urea groups is 1. The van der Waals surface area contributed by atoms with Crippen LogP contribution in [0.5, 0.6) is 0 Å². The van der Waals surface area contributed by atoms with Crippen molar-refractivity contribution in [2.75, 3.05) is 13.1 Å². The minimum Gasteiger partial charge on any atom is -0.339 e. The molecular weight excluding hydrogens is 505 g/mol. The Bertz CT molecular complexity index is 1380. The summed E-state index contributed by atoms with van der Waals surface area (Å²) in [5, 5.41) is 5.82. The number of benzene rings is 2. The molecule has 3 heterocycles. The molecule has 5 rings (SSSR count). The second-order valence-corrected chi connectivity index (χ2v) is 10.8. The Morgan fingerprint density at radius 3 is 2.35 bits per heavy atom. The molecule has 0 aliphatic carbocycles. The van der Waals surface area contributed by atoms with Crippen molar-refractivity contribution in [2.24, 2.45) is 5.92 Å². The number of carbonyl (C=O) groups excluding carboxylic acids is 3. The Morgan fingerprint density at radius 2 is 1.78 bits per heavy atom. The molecule has 0 radical (unpaired) electrons. The molecule has 2 aliphatic heterocycles. The Morgan fingerprint density at radius 1 is 1.11 bits per heavy atom. The van der Waals surface area contributed by atoms with E-state index in [2.05, 4.69) is 15.6 Å². The number of nitrogens with one attached hydrogen (secondary N) is 2. The zero-order valence-corrected chi connectivity index (χ0v) is 21.0. The van der Waals surface area contributed by atoms with Gasteiger partial charge in [0, 0.05) is 24.6 Å². The first-order chi connectivity index (χ1) is 17.5. The van der Waals surface area contributed by atoms with Gasteiger partial charge in [-0.1, -0.05) is 26.0 Å². The summed E-state index contributed by atoms with van der Waals surface area (Å²) in [5.41, 5.74) is -0.468. The third-order valence-corrected chi connectivity index (χ3v) is 8.41. The van der Waals surface area contributed by atoms with Crippen molar-refractivity contribution in [3.63, 3.8) is 0 Å². The smallest absolute Gasteiger partial charge is 0.339 e. The predicted octanol–water partition coefficient (Wildman–Crippen LogP) is 5.03. The number of hydrogen-bond acceptors (Lipinski definition) is 5. The number of nitrogens with zero attached hydrogens (tertiary/aromatic N) is 2. The Hall–Kier alpha value is -3.47. The molecule has 1 atom stereocenters. The van der Waals surface area contributed by atoms with Crippen LogP contribution in [0.3, 0.4) is 0 Å². The summed E-state index contributed by atoms with van der Waals surface area (Å²) in [4.78, 5) is 43.7. The highest BCUT2D eigenvalue weighted by molar-refractivity contribution is 7.18. The van der Waals surface area contributed by atoms with E-state index in [4.69, 9.17) is 0 Å². The number of halogens is 3. The van der Waals surface area contributed by atoms with Crippen LogP contribution in [-0.4, -0.2) is 40.8 Å². The lowest BCUT2D eigenvalue weighted by Crippen LogP contribution is -2.48. The summed E-state index contributed by atoms with van der Waals surface area (Å²) >= 11 is 1.40. The lowest BCUT2D eigenvalue weighted by Gasteiger charge is -2.32. The average Bonchev–Trinajstić information content (AvgIpc) is 3.43. The van der Waals surface area contributed by atoms with E-state index in [1.54, 1.807) is 29.2 Å². The summed E-state index contributed by atoms with van der Waals surface area (Å²) < 4.78 is 39.8. The zero-order valence-electron chi connectivity index (χ0n) is 20.2. The van der Waals surface area contributed by atoms with Crippen molar-refractivity contribution in [1.82, 2.24) is 20.5 Å². The minimum atomic E-state index is -4.41. The molecule has 37 heavy (non-hydrogen) atoms. The van der Waals surface area contributed by atoms with Crippen LogP contribution >= 0.6 is 11.3 Å². The topological polar surface area (TPSA) is 91.4 Å². The fraction of sp³-hybridized carbons (Fsp3) is 0.385.